The highest BCUT2D eigenvalue weighted by atomic mass is 16.6. The predicted molar refractivity (Wildman–Crippen MR) is 76.9 cm³/mol. The van der Waals surface area contributed by atoms with Crippen LogP contribution in [-0.4, -0.2) is 34.2 Å². The maximum absolute atomic E-state index is 12.1. The molecule has 2 rings (SSSR count). The fourth-order valence-corrected chi connectivity index (χ4v) is 2.41. The topological polar surface area (TPSA) is 92.6 Å². The maximum Gasteiger partial charge on any atom is 0.272 e. The van der Waals surface area contributed by atoms with Crippen LogP contribution in [0.5, 0.6) is 0 Å². The van der Waals surface area contributed by atoms with Gasteiger partial charge < -0.3 is 5.32 Å². The lowest BCUT2D eigenvalue weighted by Gasteiger charge is -2.15. The van der Waals surface area contributed by atoms with Gasteiger partial charge in [0, 0.05) is 23.9 Å². The molecule has 1 unspecified atom stereocenters. The van der Waals surface area contributed by atoms with Crippen molar-refractivity contribution >= 4 is 23.2 Å². The summed E-state index contributed by atoms with van der Waals surface area (Å²) in [5.74, 6) is -0.421. The number of rotatable bonds is 5. The summed E-state index contributed by atoms with van der Waals surface area (Å²) in [5.41, 5.74) is 1.14. The molecule has 21 heavy (non-hydrogen) atoms. The molecule has 1 heterocycles. The fourth-order valence-electron chi connectivity index (χ4n) is 2.41. The van der Waals surface area contributed by atoms with Gasteiger partial charge in [-0.05, 0) is 25.5 Å². The van der Waals surface area contributed by atoms with E-state index in [-0.39, 0.29) is 23.9 Å². The first-order valence-electron chi connectivity index (χ1n) is 6.79. The van der Waals surface area contributed by atoms with Crippen LogP contribution in [0.15, 0.2) is 18.2 Å². The molecule has 7 heteroatoms. The van der Waals surface area contributed by atoms with Crippen molar-refractivity contribution in [1.29, 1.82) is 0 Å². The lowest BCUT2D eigenvalue weighted by molar-refractivity contribution is -0.385. The lowest BCUT2D eigenvalue weighted by Crippen LogP contribution is -2.35. The van der Waals surface area contributed by atoms with Crippen LogP contribution in [0, 0.1) is 17.0 Å². The standard InChI is InChI=1S/C14H17N3O4/c1-3-6-16-13(18)8-11(14(16)19)15-10-4-5-12(17(20)21)9(2)7-10/h4-5,7,11,15H,3,6,8H2,1-2H3. The molecule has 0 aromatic heterocycles. The van der Waals surface area contributed by atoms with E-state index in [1.165, 1.54) is 11.0 Å². The Morgan fingerprint density at radius 1 is 1.43 bits per heavy atom. The number of benzene rings is 1. The predicted octanol–water partition coefficient (Wildman–Crippen LogP) is 1.85. The summed E-state index contributed by atoms with van der Waals surface area (Å²) < 4.78 is 0. The van der Waals surface area contributed by atoms with Crippen LogP contribution in [0.3, 0.4) is 0 Å². The molecule has 1 N–H and O–H groups in total. The second-order valence-corrected chi connectivity index (χ2v) is 5.04. The van der Waals surface area contributed by atoms with E-state index in [4.69, 9.17) is 0 Å². The molecule has 1 aromatic rings. The highest BCUT2D eigenvalue weighted by Gasteiger charge is 2.37. The molecule has 1 aliphatic rings. The molecule has 2 amide bonds. The highest BCUT2D eigenvalue weighted by Crippen LogP contribution is 2.24. The van der Waals surface area contributed by atoms with Gasteiger partial charge in [0.05, 0.1) is 11.3 Å². The summed E-state index contributed by atoms with van der Waals surface area (Å²) in [5, 5.41) is 13.7. The zero-order chi connectivity index (χ0) is 15.6. The average Bonchev–Trinajstić information content (AvgIpc) is 2.66. The summed E-state index contributed by atoms with van der Waals surface area (Å²) in [6.45, 7) is 3.96. The van der Waals surface area contributed by atoms with Crippen molar-refractivity contribution in [2.24, 2.45) is 0 Å². The molecule has 112 valence electrons. The van der Waals surface area contributed by atoms with E-state index in [1.54, 1.807) is 19.1 Å². The average molecular weight is 291 g/mol. The summed E-state index contributed by atoms with van der Waals surface area (Å²) in [4.78, 5) is 35.4. The Morgan fingerprint density at radius 2 is 2.14 bits per heavy atom. The van der Waals surface area contributed by atoms with Gasteiger partial charge in [-0.15, -0.1) is 0 Å². The van der Waals surface area contributed by atoms with Gasteiger partial charge in [0.15, 0.2) is 0 Å². The molecule has 7 nitrogen and oxygen atoms in total. The van der Waals surface area contributed by atoms with E-state index in [0.717, 1.165) is 6.42 Å². The van der Waals surface area contributed by atoms with Crippen LogP contribution in [0.4, 0.5) is 11.4 Å². The molecular formula is C14H17N3O4. The number of hydrogen-bond acceptors (Lipinski definition) is 5. The van der Waals surface area contributed by atoms with Gasteiger partial charge in [-0.25, -0.2) is 0 Å². The molecule has 0 aliphatic carbocycles. The first-order valence-corrected chi connectivity index (χ1v) is 6.79. The second kappa shape index (κ2) is 5.90. The normalized spacial score (nSPS) is 18.2. The number of nitro benzene ring substituents is 1. The van der Waals surface area contributed by atoms with Crippen molar-refractivity contribution < 1.29 is 14.5 Å². The Balaban J connectivity index is 2.12. The van der Waals surface area contributed by atoms with Crippen molar-refractivity contribution in [3.63, 3.8) is 0 Å². The van der Waals surface area contributed by atoms with Crippen LogP contribution in [0.2, 0.25) is 0 Å². The van der Waals surface area contributed by atoms with E-state index in [2.05, 4.69) is 5.32 Å². The van der Waals surface area contributed by atoms with Crippen molar-refractivity contribution in [2.75, 3.05) is 11.9 Å². The number of likely N-dealkylation sites (tertiary alicyclic amines) is 1. The highest BCUT2D eigenvalue weighted by molar-refractivity contribution is 6.06. The van der Waals surface area contributed by atoms with Crippen LogP contribution in [-0.2, 0) is 9.59 Å². The first kappa shape index (κ1) is 15.0. The molecule has 1 fully saturated rings. The molecule has 1 aliphatic heterocycles. The number of anilines is 1. The number of aryl methyl sites for hydroxylation is 1. The summed E-state index contributed by atoms with van der Waals surface area (Å²) in [7, 11) is 0. The van der Waals surface area contributed by atoms with E-state index in [0.29, 0.717) is 17.8 Å². The number of carbonyl (C=O) groups excluding carboxylic acids is 2. The van der Waals surface area contributed by atoms with Crippen LogP contribution in [0.1, 0.15) is 25.3 Å². The molecule has 0 spiro atoms. The van der Waals surface area contributed by atoms with Crippen molar-refractivity contribution in [3.05, 3.63) is 33.9 Å². The third-order valence-corrected chi connectivity index (χ3v) is 3.43. The molecular weight excluding hydrogens is 274 g/mol. The Hall–Kier alpha value is -2.44. The molecule has 1 atom stereocenters. The minimum absolute atomic E-state index is 0.0296. The van der Waals surface area contributed by atoms with Crippen molar-refractivity contribution in [2.45, 2.75) is 32.7 Å². The Kier molecular flexibility index (Phi) is 4.21. The van der Waals surface area contributed by atoms with Gasteiger partial charge in [-0.3, -0.25) is 24.6 Å². The van der Waals surface area contributed by atoms with Crippen LogP contribution < -0.4 is 5.32 Å². The van der Waals surface area contributed by atoms with E-state index in [1.807, 2.05) is 6.92 Å². The third kappa shape index (κ3) is 3.01. The number of nitrogens with zero attached hydrogens (tertiary/aromatic N) is 2. The lowest BCUT2D eigenvalue weighted by atomic mass is 10.1. The quantitative estimate of drug-likeness (QED) is 0.507. The second-order valence-electron chi connectivity index (χ2n) is 5.04. The van der Waals surface area contributed by atoms with Crippen molar-refractivity contribution in [1.82, 2.24) is 4.90 Å². The van der Waals surface area contributed by atoms with Gasteiger partial charge in [0.25, 0.3) is 11.6 Å². The Morgan fingerprint density at radius 3 is 2.71 bits per heavy atom. The van der Waals surface area contributed by atoms with Gasteiger partial charge in [-0.2, -0.15) is 0 Å². The molecule has 0 saturated carbocycles. The summed E-state index contributed by atoms with van der Waals surface area (Å²) >= 11 is 0. The minimum atomic E-state index is -0.593. The van der Waals surface area contributed by atoms with Gasteiger partial charge in [0.1, 0.15) is 6.04 Å². The van der Waals surface area contributed by atoms with Gasteiger partial charge >= 0.3 is 0 Å². The Labute approximate surface area is 122 Å². The van der Waals surface area contributed by atoms with E-state index >= 15 is 0 Å². The fraction of sp³-hybridized carbons (Fsp3) is 0.429. The molecule has 1 saturated heterocycles. The number of hydrogen-bond donors (Lipinski definition) is 1. The maximum atomic E-state index is 12.1. The smallest absolute Gasteiger partial charge is 0.272 e. The van der Waals surface area contributed by atoms with E-state index in [9.17, 15) is 19.7 Å². The zero-order valence-corrected chi connectivity index (χ0v) is 12.0. The number of nitro groups is 1. The zero-order valence-electron chi connectivity index (χ0n) is 12.0. The third-order valence-electron chi connectivity index (χ3n) is 3.43. The number of nitrogens with one attached hydrogen (secondary N) is 1. The summed E-state index contributed by atoms with van der Waals surface area (Å²) in [6.07, 6.45) is 0.843. The molecule has 0 radical (unpaired) electrons. The SMILES string of the molecule is CCCN1C(=O)CC(Nc2ccc([N+](=O)[O-])c(C)c2)C1=O. The van der Waals surface area contributed by atoms with Gasteiger partial charge in [0.2, 0.25) is 5.91 Å². The van der Waals surface area contributed by atoms with Crippen LogP contribution >= 0.6 is 0 Å². The monoisotopic (exact) mass is 291 g/mol. The molecule has 0 bridgehead atoms. The van der Waals surface area contributed by atoms with Crippen molar-refractivity contribution in [3.8, 4) is 0 Å². The van der Waals surface area contributed by atoms with E-state index < -0.39 is 11.0 Å². The number of amides is 2. The molecule has 1 aromatic carbocycles. The number of carbonyl (C=O) groups is 2. The summed E-state index contributed by atoms with van der Waals surface area (Å²) in [6, 6.07) is 3.96. The largest absolute Gasteiger partial charge is 0.373 e. The van der Waals surface area contributed by atoms with Gasteiger partial charge in [-0.1, -0.05) is 6.92 Å². The number of imide groups is 1. The first-order chi connectivity index (χ1) is 9.93. The Bertz CT molecular complexity index is 600. The minimum Gasteiger partial charge on any atom is -0.373 e. The van der Waals surface area contributed by atoms with Crippen LogP contribution in [0.25, 0.3) is 0 Å².